The molecule has 3 N–H and O–H groups in total. The zero-order chi connectivity index (χ0) is 13.6. The number of hydrogen-bond acceptors (Lipinski definition) is 5. The van der Waals surface area contributed by atoms with Crippen LogP contribution in [0, 0.1) is 0 Å². The lowest BCUT2D eigenvalue weighted by Gasteiger charge is -2.10. The van der Waals surface area contributed by atoms with Gasteiger partial charge in [0.05, 0.1) is 6.61 Å². The topological polar surface area (TPSA) is 73.1 Å². The van der Waals surface area contributed by atoms with Crippen LogP contribution >= 0.6 is 0 Å². The van der Waals surface area contributed by atoms with Crippen molar-refractivity contribution in [3.63, 3.8) is 0 Å². The SMILES string of the molecule is CCCCCOc1cc(NN)nc(C(F)(F)F)n1. The van der Waals surface area contributed by atoms with Crippen LogP contribution in [0.2, 0.25) is 0 Å². The quantitative estimate of drug-likeness (QED) is 0.468. The predicted molar refractivity (Wildman–Crippen MR) is 59.9 cm³/mol. The number of nitrogens with zero attached hydrogens (tertiary/aromatic N) is 2. The minimum Gasteiger partial charge on any atom is -0.478 e. The van der Waals surface area contributed by atoms with Gasteiger partial charge in [-0.05, 0) is 6.42 Å². The second kappa shape index (κ2) is 6.39. The van der Waals surface area contributed by atoms with Gasteiger partial charge in [-0.25, -0.2) is 10.8 Å². The summed E-state index contributed by atoms with van der Waals surface area (Å²) >= 11 is 0. The Labute approximate surface area is 103 Å². The van der Waals surface area contributed by atoms with E-state index in [1.807, 2.05) is 6.92 Å². The van der Waals surface area contributed by atoms with Gasteiger partial charge >= 0.3 is 6.18 Å². The van der Waals surface area contributed by atoms with E-state index in [4.69, 9.17) is 10.6 Å². The summed E-state index contributed by atoms with van der Waals surface area (Å²) in [7, 11) is 0. The largest absolute Gasteiger partial charge is 0.478 e. The number of rotatable bonds is 6. The summed E-state index contributed by atoms with van der Waals surface area (Å²) in [6, 6.07) is 1.22. The maximum Gasteiger partial charge on any atom is 0.451 e. The van der Waals surface area contributed by atoms with E-state index in [0.29, 0.717) is 6.61 Å². The fraction of sp³-hybridized carbons (Fsp3) is 0.600. The summed E-state index contributed by atoms with van der Waals surface area (Å²) in [5.74, 6) is 3.50. The molecule has 0 atom stereocenters. The predicted octanol–water partition coefficient (Wildman–Crippen LogP) is 2.35. The lowest BCUT2D eigenvalue weighted by molar-refractivity contribution is -0.145. The molecule has 1 rings (SSSR count). The highest BCUT2D eigenvalue weighted by atomic mass is 19.4. The molecule has 0 aliphatic carbocycles. The second-order valence-electron chi connectivity index (χ2n) is 3.61. The maximum atomic E-state index is 12.5. The van der Waals surface area contributed by atoms with Crippen LogP contribution in [0.1, 0.15) is 32.0 Å². The van der Waals surface area contributed by atoms with Crippen LogP contribution < -0.4 is 16.0 Å². The van der Waals surface area contributed by atoms with Crippen molar-refractivity contribution < 1.29 is 17.9 Å². The fourth-order valence-electron chi connectivity index (χ4n) is 1.23. The molecule has 1 heterocycles. The number of nitrogen functional groups attached to an aromatic ring is 1. The lowest BCUT2D eigenvalue weighted by atomic mass is 10.3. The summed E-state index contributed by atoms with van der Waals surface area (Å²) in [6.45, 7) is 2.33. The first-order valence-electron chi connectivity index (χ1n) is 5.53. The highest BCUT2D eigenvalue weighted by Crippen LogP contribution is 2.28. The van der Waals surface area contributed by atoms with Gasteiger partial charge in [-0.3, -0.25) is 0 Å². The third kappa shape index (κ3) is 4.36. The molecule has 1 aromatic heterocycles. The molecule has 102 valence electrons. The third-order valence-electron chi connectivity index (χ3n) is 2.10. The molecule has 0 unspecified atom stereocenters. The number of aromatic nitrogens is 2. The van der Waals surface area contributed by atoms with Gasteiger partial charge in [-0.2, -0.15) is 18.2 Å². The van der Waals surface area contributed by atoms with Gasteiger partial charge in [-0.15, -0.1) is 0 Å². The number of alkyl halides is 3. The second-order valence-corrected chi connectivity index (χ2v) is 3.61. The molecule has 5 nitrogen and oxygen atoms in total. The molecule has 0 bridgehead atoms. The van der Waals surface area contributed by atoms with Gasteiger partial charge in [0.25, 0.3) is 0 Å². The minimum absolute atomic E-state index is 0.136. The zero-order valence-electron chi connectivity index (χ0n) is 9.92. The van der Waals surface area contributed by atoms with Crippen molar-refractivity contribution in [1.29, 1.82) is 0 Å². The average molecular weight is 264 g/mol. The van der Waals surface area contributed by atoms with Crippen LogP contribution in [-0.2, 0) is 6.18 Å². The molecular formula is C10H15F3N4O. The molecule has 0 fully saturated rings. The Hall–Kier alpha value is -1.57. The van der Waals surface area contributed by atoms with Gasteiger partial charge < -0.3 is 10.2 Å². The van der Waals surface area contributed by atoms with Gasteiger partial charge in [0, 0.05) is 6.07 Å². The van der Waals surface area contributed by atoms with Gasteiger partial charge in [0.1, 0.15) is 5.82 Å². The molecule has 1 aromatic rings. The molecule has 0 spiro atoms. The number of hydrazine groups is 1. The van der Waals surface area contributed by atoms with Crippen LogP contribution in [0.5, 0.6) is 5.88 Å². The standard InChI is InChI=1S/C10H15F3N4O/c1-2-3-4-5-18-8-6-7(17-14)15-9(16-8)10(11,12)13/h6H,2-5,14H2,1H3,(H,15,16,17). The van der Waals surface area contributed by atoms with E-state index in [0.717, 1.165) is 19.3 Å². The first-order chi connectivity index (χ1) is 8.47. The van der Waals surface area contributed by atoms with E-state index >= 15 is 0 Å². The minimum atomic E-state index is -4.63. The fourth-order valence-corrected chi connectivity index (χ4v) is 1.23. The molecular weight excluding hydrogens is 249 g/mol. The van der Waals surface area contributed by atoms with Crippen LogP contribution in [0.15, 0.2) is 6.07 Å². The van der Waals surface area contributed by atoms with Crippen molar-refractivity contribution in [1.82, 2.24) is 9.97 Å². The van der Waals surface area contributed by atoms with Gasteiger partial charge in [0.2, 0.25) is 11.7 Å². The van der Waals surface area contributed by atoms with Crippen LogP contribution in [0.25, 0.3) is 0 Å². The maximum absolute atomic E-state index is 12.5. The number of hydrogen-bond donors (Lipinski definition) is 2. The highest BCUT2D eigenvalue weighted by molar-refractivity contribution is 5.37. The zero-order valence-corrected chi connectivity index (χ0v) is 9.92. The number of unbranched alkanes of at least 4 members (excludes halogenated alkanes) is 2. The molecule has 0 saturated carbocycles. The normalized spacial score (nSPS) is 11.4. The number of nitrogens with two attached hydrogens (primary N) is 1. The van der Waals surface area contributed by atoms with Crippen molar-refractivity contribution in [3.05, 3.63) is 11.9 Å². The van der Waals surface area contributed by atoms with Crippen molar-refractivity contribution in [3.8, 4) is 5.88 Å². The monoisotopic (exact) mass is 264 g/mol. The molecule has 18 heavy (non-hydrogen) atoms. The molecule has 0 radical (unpaired) electrons. The van der Waals surface area contributed by atoms with Crippen LogP contribution in [0.4, 0.5) is 19.0 Å². The van der Waals surface area contributed by atoms with Crippen molar-refractivity contribution >= 4 is 5.82 Å². The first-order valence-corrected chi connectivity index (χ1v) is 5.53. The molecule has 0 aliphatic heterocycles. The Morgan fingerprint density at radius 1 is 1.33 bits per heavy atom. The summed E-state index contributed by atoms with van der Waals surface area (Å²) in [5, 5.41) is 0. The van der Waals surface area contributed by atoms with E-state index < -0.39 is 12.0 Å². The Balaban J connectivity index is 2.78. The van der Waals surface area contributed by atoms with Gasteiger partial charge in [0.15, 0.2) is 0 Å². The average Bonchev–Trinajstić information content (AvgIpc) is 2.33. The highest BCUT2D eigenvalue weighted by Gasteiger charge is 2.35. The summed E-state index contributed by atoms with van der Waals surface area (Å²) in [5.41, 5.74) is 2.05. The number of anilines is 1. The molecule has 0 saturated heterocycles. The summed E-state index contributed by atoms with van der Waals surface area (Å²) in [6.07, 6.45) is -1.93. The summed E-state index contributed by atoms with van der Waals surface area (Å²) < 4.78 is 42.6. The lowest BCUT2D eigenvalue weighted by Crippen LogP contribution is -2.16. The Morgan fingerprint density at radius 3 is 2.61 bits per heavy atom. The van der Waals surface area contributed by atoms with E-state index in [9.17, 15) is 13.2 Å². The third-order valence-corrected chi connectivity index (χ3v) is 2.10. The molecule has 0 aliphatic rings. The summed E-state index contributed by atoms with van der Waals surface area (Å²) in [4.78, 5) is 6.51. The number of ether oxygens (including phenoxy) is 1. The van der Waals surface area contributed by atoms with E-state index in [1.165, 1.54) is 6.07 Å². The number of halogens is 3. The molecule has 0 aromatic carbocycles. The Bertz CT molecular complexity index is 384. The Kier molecular flexibility index (Phi) is 5.14. The smallest absolute Gasteiger partial charge is 0.451 e. The molecule has 8 heteroatoms. The van der Waals surface area contributed by atoms with E-state index in [-0.39, 0.29) is 11.7 Å². The van der Waals surface area contributed by atoms with Crippen molar-refractivity contribution in [2.75, 3.05) is 12.0 Å². The Morgan fingerprint density at radius 2 is 2.06 bits per heavy atom. The van der Waals surface area contributed by atoms with E-state index in [1.54, 1.807) is 0 Å². The van der Waals surface area contributed by atoms with Crippen LogP contribution in [0.3, 0.4) is 0 Å². The van der Waals surface area contributed by atoms with E-state index in [2.05, 4.69) is 15.4 Å². The molecule has 0 amide bonds. The van der Waals surface area contributed by atoms with Crippen molar-refractivity contribution in [2.24, 2.45) is 5.84 Å². The van der Waals surface area contributed by atoms with Crippen LogP contribution in [-0.4, -0.2) is 16.6 Å². The van der Waals surface area contributed by atoms with Crippen molar-refractivity contribution in [2.45, 2.75) is 32.4 Å². The van der Waals surface area contributed by atoms with Gasteiger partial charge in [-0.1, -0.05) is 19.8 Å². The number of nitrogens with one attached hydrogen (secondary N) is 1. The first kappa shape index (κ1) is 14.5.